The van der Waals surface area contributed by atoms with Gasteiger partial charge >= 0.3 is 5.97 Å². The van der Waals surface area contributed by atoms with Gasteiger partial charge in [-0.25, -0.2) is 9.97 Å². The summed E-state index contributed by atoms with van der Waals surface area (Å²) < 4.78 is 5.29. The summed E-state index contributed by atoms with van der Waals surface area (Å²) in [7, 11) is 0. The molecule has 0 aliphatic heterocycles. The van der Waals surface area contributed by atoms with Crippen LogP contribution in [-0.2, 0) is 9.53 Å². The van der Waals surface area contributed by atoms with Crippen LogP contribution in [0.1, 0.15) is 46.0 Å². The number of fused-ring (bicyclic) bond motifs is 1. The third-order valence-electron chi connectivity index (χ3n) is 4.27. The summed E-state index contributed by atoms with van der Waals surface area (Å²) in [6.07, 6.45) is 0.498. The molecule has 7 nitrogen and oxygen atoms in total. The number of carbonyl (C=O) groups is 3. The summed E-state index contributed by atoms with van der Waals surface area (Å²) in [5, 5.41) is 3.51. The molecule has 1 N–H and O–H groups in total. The molecule has 3 aromatic rings. The van der Waals surface area contributed by atoms with Crippen LogP contribution >= 0.6 is 23.1 Å². The van der Waals surface area contributed by atoms with E-state index in [1.165, 1.54) is 43.3 Å². The van der Waals surface area contributed by atoms with Crippen molar-refractivity contribution in [2.75, 3.05) is 5.75 Å². The van der Waals surface area contributed by atoms with Crippen LogP contribution < -0.4 is 0 Å². The highest BCUT2D eigenvalue weighted by Crippen LogP contribution is 2.28. The van der Waals surface area contributed by atoms with Crippen molar-refractivity contribution in [2.24, 2.45) is 0 Å². The number of carbonyl (C=O) groups excluding carboxylic acids is 3. The number of thioether (sulfide) groups is 1. The van der Waals surface area contributed by atoms with E-state index in [1.54, 1.807) is 13.8 Å². The quantitative estimate of drug-likeness (QED) is 0.270. The lowest BCUT2D eigenvalue weighted by Crippen LogP contribution is -2.26. The normalized spacial score (nSPS) is 12.1. The molecule has 3 rings (SSSR count). The number of esters is 1. The average molecular weight is 418 g/mol. The van der Waals surface area contributed by atoms with Gasteiger partial charge in [0.15, 0.2) is 11.9 Å². The molecule has 0 fully saturated rings. The van der Waals surface area contributed by atoms with Gasteiger partial charge in [0.1, 0.15) is 16.2 Å². The summed E-state index contributed by atoms with van der Waals surface area (Å²) >= 11 is 2.74. The van der Waals surface area contributed by atoms with E-state index in [-0.39, 0.29) is 17.3 Å². The number of thiophene rings is 1. The topological polar surface area (TPSA) is 102 Å². The maximum atomic E-state index is 12.7. The lowest BCUT2D eigenvalue weighted by Gasteiger charge is -2.12. The zero-order valence-corrected chi connectivity index (χ0v) is 17.5. The zero-order chi connectivity index (χ0) is 20.4. The molecule has 9 heteroatoms. The minimum Gasteiger partial charge on any atom is -0.454 e. The van der Waals surface area contributed by atoms with Gasteiger partial charge in [0, 0.05) is 16.6 Å². The summed E-state index contributed by atoms with van der Waals surface area (Å²) in [4.78, 5) is 48.8. The van der Waals surface area contributed by atoms with Gasteiger partial charge in [-0.2, -0.15) is 0 Å². The highest BCUT2D eigenvalue weighted by molar-refractivity contribution is 8.00. The third kappa shape index (κ3) is 4.00. The van der Waals surface area contributed by atoms with Gasteiger partial charge in [-0.15, -0.1) is 11.3 Å². The monoisotopic (exact) mass is 417 g/mol. The van der Waals surface area contributed by atoms with Crippen molar-refractivity contribution in [2.45, 2.75) is 38.8 Å². The van der Waals surface area contributed by atoms with Crippen LogP contribution in [-0.4, -0.2) is 44.3 Å². The minimum atomic E-state index is -0.962. The molecule has 0 aliphatic rings. The van der Waals surface area contributed by atoms with Crippen molar-refractivity contribution >= 4 is 50.9 Å². The molecular formula is C19H19N3O4S2. The van der Waals surface area contributed by atoms with Crippen LogP contribution in [0.2, 0.25) is 0 Å². The SMILES string of the molecule is CC(=O)c1c(C)[nH]c(C(=O)[C@H](C)OC(=O)CSc2ncnc3sccc23)c1C. The molecule has 28 heavy (non-hydrogen) atoms. The molecular weight excluding hydrogens is 398 g/mol. The van der Waals surface area contributed by atoms with Gasteiger partial charge in [-0.05, 0) is 44.7 Å². The molecule has 1 atom stereocenters. The Bertz CT molecular complexity index is 1070. The molecule has 3 aromatic heterocycles. The molecule has 0 saturated heterocycles. The maximum Gasteiger partial charge on any atom is 0.317 e. The Morgan fingerprint density at radius 3 is 2.71 bits per heavy atom. The second kappa shape index (κ2) is 8.24. The molecule has 0 saturated carbocycles. The fourth-order valence-corrected chi connectivity index (χ4v) is 4.58. The molecule has 0 amide bonds. The van der Waals surface area contributed by atoms with Gasteiger partial charge in [-0.3, -0.25) is 14.4 Å². The van der Waals surface area contributed by atoms with E-state index in [2.05, 4.69) is 15.0 Å². The number of H-pyrrole nitrogens is 1. The molecule has 0 radical (unpaired) electrons. The van der Waals surface area contributed by atoms with E-state index in [4.69, 9.17) is 4.74 Å². The van der Waals surface area contributed by atoms with E-state index in [0.29, 0.717) is 27.5 Å². The Hall–Kier alpha value is -2.52. The number of rotatable bonds is 7. The van der Waals surface area contributed by atoms with Crippen LogP contribution in [0.3, 0.4) is 0 Å². The number of Topliss-reactive ketones (excluding diaryl/α,β-unsaturated/α-hetero) is 2. The van der Waals surface area contributed by atoms with Crippen molar-refractivity contribution in [1.82, 2.24) is 15.0 Å². The first-order valence-electron chi connectivity index (χ1n) is 8.54. The van der Waals surface area contributed by atoms with Crippen LogP contribution in [0.5, 0.6) is 0 Å². The van der Waals surface area contributed by atoms with Crippen LogP contribution in [0.25, 0.3) is 10.2 Å². The number of hydrogen-bond acceptors (Lipinski definition) is 8. The van der Waals surface area contributed by atoms with Gasteiger partial charge in [0.05, 0.1) is 11.4 Å². The number of nitrogens with one attached hydrogen (secondary N) is 1. The summed E-state index contributed by atoms with van der Waals surface area (Å²) in [5.41, 5.74) is 2.01. The maximum absolute atomic E-state index is 12.7. The van der Waals surface area contributed by atoms with Crippen molar-refractivity contribution < 1.29 is 19.1 Å². The van der Waals surface area contributed by atoms with E-state index in [1.807, 2.05) is 11.4 Å². The molecule has 0 aromatic carbocycles. The van der Waals surface area contributed by atoms with Crippen LogP contribution in [0.4, 0.5) is 0 Å². The smallest absolute Gasteiger partial charge is 0.317 e. The number of nitrogens with zero attached hydrogens (tertiary/aromatic N) is 2. The zero-order valence-electron chi connectivity index (χ0n) is 15.9. The van der Waals surface area contributed by atoms with E-state index >= 15 is 0 Å². The first-order valence-corrected chi connectivity index (χ1v) is 10.4. The van der Waals surface area contributed by atoms with Crippen molar-refractivity contribution in [3.63, 3.8) is 0 Å². The first-order chi connectivity index (χ1) is 13.3. The van der Waals surface area contributed by atoms with Crippen molar-refractivity contribution in [1.29, 1.82) is 0 Å². The van der Waals surface area contributed by atoms with E-state index in [0.717, 1.165) is 10.2 Å². The summed E-state index contributed by atoms with van der Waals surface area (Å²) in [5.74, 6) is -0.966. The Labute approximate surface area is 169 Å². The number of ether oxygens (including phenoxy) is 1. The third-order valence-corrected chi connectivity index (χ3v) is 6.06. The predicted octanol–water partition coefficient (Wildman–Crippen LogP) is 3.75. The molecule has 0 aliphatic carbocycles. The Morgan fingerprint density at radius 1 is 1.29 bits per heavy atom. The highest BCUT2D eigenvalue weighted by atomic mass is 32.2. The lowest BCUT2D eigenvalue weighted by atomic mass is 10.0. The Morgan fingerprint density at radius 2 is 2.04 bits per heavy atom. The van der Waals surface area contributed by atoms with Gasteiger partial charge in [-0.1, -0.05) is 11.8 Å². The summed E-state index contributed by atoms with van der Waals surface area (Å²) in [6.45, 7) is 6.42. The molecule has 3 heterocycles. The standard InChI is InChI=1S/C19H19N3O4S2/c1-9-15(11(3)23)10(2)22-16(9)17(25)12(4)26-14(24)7-28-19-13-5-6-27-18(13)20-8-21-19/h5-6,8,12,22H,7H2,1-4H3/t12-/m0/s1. The van der Waals surface area contributed by atoms with Gasteiger partial charge in [0.2, 0.25) is 5.78 Å². The number of aryl methyl sites for hydroxylation is 1. The van der Waals surface area contributed by atoms with Crippen molar-refractivity contribution in [3.05, 3.63) is 40.3 Å². The minimum absolute atomic E-state index is 0.0288. The molecule has 0 spiro atoms. The van der Waals surface area contributed by atoms with Gasteiger partial charge < -0.3 is 9.72 Å². The largest absolute Gasteiger partial charge is 0.454 e. The predicted molar refractivity (Wildman–Crippen MR) is 108 cm³/mol. The fraction of sp³-hybridized carbons (Fsp3) is 0.316. The van der Waals surface area contributed by atoms with Crippen molar-refractivity contribution in [3.8, 4) is 0 Å². The van der Waals surface area contributed by atoms with E-state index < -0.39 is 12.1 Å². The van der Waals surface area contributed by atoms with Crippen LogP contribution in [0.15, 0.2) is 22.8 Å². The highest BCUT2D eigenvalue weighted by Gasteiger charge is 2.26. The average Bonchev–Trinajstić information content (AvgIpc) is 3.23. The number of aromatic nitrogens is 3. The first kappa shape index (κ1) is 20.2. The Kier molecular flexibility index (Phi) is 5.95. The second-order valence-corrected chi connectivity index (χ2v) is 8.14. The second-order valence-electron chi connectivity index (χ2n) is 6.28. The lowest BCUT2D eigenvalue weighted by molar-refractivity contribution is -0.143. The number of hydrogen-bond donors (Lipinski definition) is 1. The molecule has 0 bridgehead atoms. The van der Waals surface area contributed by atoms with E-state index in [9.17, 15) is 14.4 Å². The molecule has 146 valence electrons. The fourth-order valence-electron chi connectivity index (χ4n) is 3.02. The number of ketones is 2. The molecule has 0 unspecified atom stereocenters. The Balaban J connectivity index is 1.64. The number of aromatic amines is 1. The summed E-state index contributed by atoms with van der Waals surface area (Å²) in [6, 6.07) is 1.91. The van der Waals surface area contributed by atoms with Crippen LogP contribution in [0, 0.1) is 13.8 Å². The van der Waals surface area contributed by atoms with Gasteiger partial charge in [0.25, 0.3) is 0 Å².